The Kier molecular flexibility index (Phi) is 6.48. The summed E-state index contributed by atoms with van der Waals surface area (Å²) < 4.78 is 8.08. The average molecular weight is 488 g/mol. The predicted molar refractivity (Wildman–Crippen MR) is 144 cm³/mol. The van der Waals surface area contributed by atoms with E-state index in [0.29, 0.717) is 17.5 Å². The third-order valence-corrected chi connectivity index (χ3v) is 8.62. The second-order valence-electron chi connectivity index (χ2n) is 10.8. The highest BCUT2D eigenvalue weighted by atomic mass is 16.5. The molecular formula is C30H37N3O3. The molecule has 3 aromatic rings. The zero-order chi connectivity index (χ0) is 24.6. The molecule has 1 N–H and O–H groups in total. The second kappa shape index (κ2) is 9.91. The molecule has 0 spiro atoms. The summed E-state index contributed by atoms with van der Waals surface area (Å²) in [7, 11) is 0. The van der Waals surface area contributed by atoms with Crippen molar-refractivity contribution in [1.29, 1.82) is 0 Å². The number of morpholine rings is 1. The smallest absolute Gasteiger partial charge is 0.335 e. The van der Waals surface area contributed by atoms with Crippen LogP contribution in [-0.4, -0.2) is 66.0 Å². The van der Waals surface area contributed by atoms with Gasteiger partial charge in [0, 0.05) is 60.9 Å². The van der Waals surface area contributed by atoms with Crippen LogP contribution in [0.25, 0.3) is 22.2 Å². The Bertz CT molecular complexity index is 1260. The number of hydrogen-bond donors (Lipinski definition) is 1. The molecule has 1 unspecified atom stereocenters. The summed E-state index contributed by atoms with van der Waals surface area (Å²) in [5.41, 5.74) is 6.79. The molecule has 1 saturated heterocycles. The fourth-order valence-electron chi connectivity index (χ4n) is 6.70. The lowest BCUT2D eigenvalue weighted by Gasteiger charge is -2.35. The number of aromatic nitrogens is 1. The summed E-state index contributed by atoms with van der Waals surface area (Å²) in [4.78, 5) is 17.0. The van der Waals surface area contributed by atoms with E-state index in [9.17, 15) is 9.90 Å². The van der Waals surface area contributed by atoms with E-state index >= 15 is 0 Å². The van der Waals surface area contributed by atoms with Gasteiger partial charge < -0.3 is 19.3 Å². The Morgan fingerprint density at radius 1 is 1.03 bits per heavy atom. The van der Waals surface area contributed by atoms with Gasteiger partial charge in [-0.15, -0.1) is 0 Å². The molecule has 36 heavy (non-hydrogen) atoms. The minimum Gasteiger partial charge on any atom is -0.478 e. The molecule has 0 amide bonds. The van der Waals surface area contributed by atoms with Gasteiger partial charge in [-0.05, 0) is 49.4 Å². The lowest BCUT2D eigenvalue weighted by atomic mass is 9.81. The summed E-state index contributed by atoms with van der Waals surface area (Å²) in [6.07, 6.45) is 6.30. The molecule has 1 aromatic heterocycles. The summed E-state index contributed by atoms with van der Waals surface area (Å²) in [5.74, 6) is -0.330. The number of aromatic carboxylic acids is 1. The number of anilines is 1. The lowest BCUT2D eigenvalue weighted by molar-refractivity contribution is 0.00115. The maximum atomic E-state index is 11.9. The molecule has 1 saturated carbocycles. The molecule has 1 aliphatic carbocycles. The SMILES string of the molecule is CC1COCCN1CCN1CCn2c(c(C3CCCCC3)c3ccc(C(=O)O)cc32)-c2ccccc21. The average Bonchev–Trinajstić information content (AvgIpc) is 3.14. The number of carboxylic acids is 1. The summed E-state index contributed by atoms with van der Waals surface area (Å²) >= 11 is 0. The molecule has 0 radical (unpaired) electrons. The first kappa shape index (κ1) is 23.6. The Balaban J connectivity index is 1.45. The van der Waals surface area contributed by atoms with Crippen LogP contribution < -0.4 is 4.90 Å². The molecule has 3 heterocycles. The zero-order valence-electron chi connectivity index (χ0n) is 21.3. The number of carboxylic acid groups (broad SMARTS) is 1. The molecule has 2 aliphatic heterocycles. The monoisotopic (exact) mass is 487 g/mol. The molecule has 1 atom stereocenters. The molecule has 3 aliphatic rings. The summed E-state index contributed by atoms with van der Waals surface area (Å²) in [6, 6.07) is 15.1. The van der Waals surface area contributed by atoms with Crippen molar-refractivity contribution in [2.24, 2.45) is 0 Å². The van der Waals surface area contributed by atoms with E-state index in [1.807, 2.05) is 6.07 Å². The fraction of sp³-hybridized carbons (Fsp3) is 0.500. The van der Waals surface area contributed by atoms with Gasteiger partial charge >= 0.3 is 5.97 Å². The number of fused-ring (bicyclic) bond motifs is 5. The number of carbonyl (C=O) groups is 1. The predicted octanol–water partition coefficient (Wildman–Crippen LogP) is 5.59. The van der Waals surface area contributed by atoms with Crippen molar-refractivity contribution in [1.82, 2.24) is 9.47 Å². The summed E-state index contributed by atoms with van der Waals surface area (Å²) in [6.45, 7) is 8.63. The second-order valence-corrected chi connectivity index (χ2v) is 10.8. The van der Waals surface area contributed by atoms with Crippen LogP contribution in [0.2, 0.25) is 0 Å². The van der Waals surface area contributed by atoms with Crippen molar-refractivity contribution in [3.63, 3.8) is 0 Å². The maximum Gasteiger partial charge on any atom is 0.335 e. The molecule has 6 nitrogen and oxygen atoms in total. The van der Waals surface area contributed by atoms with Crippen molar-refractivity contribution in [3.8, 4) is 11.3 Å². The van der Waals surface area contributed by atoms with Crippen LogP contribution in [0.5, 0.6) is 0 Å². The van der Waals surface area contributed by atoms with E-state index in [2.05, 4.69) is 51.6 Å². The van der Waals surface area contributed by atoms with Crippen LogP contribution in [0.3, 0.4) is 0 Å². The number of ether oxygens (including phenoxy) is 1. The van der Waals surface area contributed by atoms with Crippen molar-refractivity contribution >= 4 is 22.6 Å². The molecular weight excluding hydrogens is 450 g/mol. The Labute approximate surface area is 213 Å². The number of hydrogen-bond acceptors (Lipinski definition) is 4. The first-order valence-corrected chi connectivity index (χ1v) is 13.7. The minimum absolute atomic E-state index is 0.369. The van der Waals surface area contributed by atoms with Gasteiger partial charge in [0.2, 0.25) is 0 Å². The Hall–Kier alpha value is -2.83. The molecule has 6 rings (SSSR count). The quantitative estimate of drug-likeness (QED) is 0.508. The fourth-order valence-corrected chi connectivity index (χ4v) is 6.70. The summed E-state index contributed by atoms with van der Waals surface area (Å²) in [5, 5.41) is 11.0. The molecule has 2 aromatic carbocycles. The van der Waals surface area contributed by atoms with E-state index in [-0.39, 0.29) is 0 Å². The van der Waals surface area contributed by atoms with Gasteiger partial charge in [-0.25, -0.2) is 4.79 Å². The van der Waals surface area contributed by atoms with Crippen LogP contribution in [0.15, 0.2) is 42.5 Å². The number of benzene rings is 2. The maximum absolute atomic E-state index is 11.9. The van der Waals surface area contributed by atoms with Gasteiger partial charge in [-0.2, -0.15) is 0 Å². The first-order chi connectivity index (χ1) is 17.6. The van der Waals surface area contributed by atoms with Crippen molar-refractivity contribution < 1.29 is 14.6 Å². The van der Waals surface area contributed by atoms with Gasteiger partial charge in [0.25, 0.3) is 0 Å². The highest BCUT2D eigenvalue weighted by Crippen LogP contribution is 2.47. The first-order valence-electron chi connectivity index (χ1n) is 13.7. The molecule has 0 bridgehead atoms. The van der Waals surface area contributed by atoms with Crippen molar-refractivity contribution in [2.75, 3.05) is 44.3 Å². The van der Waals surface area contributed by atoms with Gasteiger partial charge in [-0.1, -0.05) is 43.5 Å². The van der Waals surface area contributed by atoms with Gasteiger partial charge in [0.15, 0.2) is 0 Å². The van der Waals surface area contributed by atoms with Crippen molar-refractivity contribution in [3.05, 3.63) is 53.6 Å². The third-order valence-electron chi connectivity index (χ3n) is 8.62. The van der Waals surface area contributed by atoms with E-state index in [1.54, 1.807) is 6.07 Å². The van der Waals surface area contributed by atoms with E-state index in [4.69, 9.17) is 4.74 Å². The Morgan fingerprint density at radius 2 is 1.86 bits per heavy atom. The normalized spacial score (nSPS) is 21.2. The topological polar surface area (TPSA) is 57.9 Å². The number of para-hydroxylation sites is 1. The number of rotatable bonds is 5. The van der Waals surface area contributed by atoms with Crippen molar-refractivity contribution in [2.45, 2.75) is 57.5 Å². The van der Waals surface area contributed by atoms with Crippen LogP contribution >= 0.6 is 0 Å². The van der Waals surface area contributed by atoms with E-state index in [0.717, 1.165) is 51.5 Å². The van der Waals surface area contributed by atoms with Crippen LogP contribution in [0.4, 0.5) is 5.69 Å². The van der Waals surface area contributed by atoms with Crippen LogP contribution in [-0.2, 0) is 11.3 Å². The minimum atomic E-state index is -0.859. The lowest BCUT2D eigenvalue weighted by Crippen LogP contribution is -2.47. The van der Waals surface area contributed by atoms with Gasteiger partial charge in [-0.3, -0.25) is 4.90 Å². The van der Waals surface area contributed by atoms with Gasteiger partial charge in [0.05, 0.1) is 24.5 Å². The van der Waals surface area contributed by atoms with Crippen LogP contribution in [0, 0.1) is 0 Å². The third kappa shape index (κ3) is 4.20. The Morgan fingerprint density at radius 3 is 2.67 bits per heavy atom. The number of nitrogens with zero attached hydrogens (tertiary/aromatic N) is 3. The van der Waals surface area contributed by atoms with Crippen LogP contribution in [0.1, 0.15) is 60.9 Å². The van der Waals surface area contributed by atoms with E-state index < -0.39 is 5.97 Å². The largest absolute Gasteiger partial charge is 0.478 e. The standard InChI is InChI=1S/C30H37N3O3/c1-21-20-36-18-17-31(21)13-14-32-15-16-33-27-19-23(30(34)35)11-12-24(27)28(22-7-3-2-4-8-22)29(33)25-9-5-6-10-26(25)32/h5-6,9-12,19,21-22H,2-4,7-8,13-18,20H2,1H3,(H,34,35). The molecule has 190 valence electrons. The zero-order valence-corrected chi connectivity index (χ0v) is 21.3. The highest BCUT2D eigenvalue weighted by molar-refractivity contribution is 5.99. The molecule has 6 heteroatoms. The highest BCUT2D eigenvalue weighted by Gasteiger charge is 2.31. The van der Waals surface area contributed by atoms with Gasteiger partial charge in [0.1, 0.15) is 0 Å². The van der Waals surface area contributed by atoms with E-state index in [1.165, 1.54) is 60.0 Å². The molecule has 2 fully saturated rings.